The molecule has 9 aromatic carbocycles. The van der Waals surface area contributed by atoms with E-state index in [-0.39, 0.29) is 12.3 Å². The molecule has 0 unspecified atom stereocenters. The Morgan fingerprint density at radius 1 is 0.576 bits per heavy atom. The maximum atomic E-state index is 2.73. The number of para-hydroxylation sites is 3. The lowest BCUT2D eigenvalue weighted by Crippen LogP contribution is -2.57. The first-order valence-electron chi connectivity index (χ1n) is 23.5. The average Bonchev–Trinajstić information content (AvgIpc) is 3.80. The predicted molar refractivity (Wildman–Crippen MR) is 284 cm³/mol. The van der Waals surface area contributed by atoms with E-state index in [0.29, 0.717) is 0 Å². The summed E-state index contributed by atoms with van der Waals surface area (Å²) in [4.78, 5) is 5.06. The first kappa shape index (κ1) is 37.6. The lowest BCUT2D eigenvalue weighted by Gasteiger charge is -2.43. The van der Waals surface area contributed by atoms with E-state index < -0.39 is 0 Å². The third-order valence-corrected chi connectivity index (χ3v) is 15.3. The largest absolute Gasteiger partial charge is 0.375 e. The molecule has 10 aromatic rings. The SMILES string of the molecule is Bc1ccc(N2c3cc(N(c4ccccc4)c4ccccc4)ccc3B3c4c2cc2c(c4-c4cccc5c6cc7ccccc7cc6n3c45)C3=C(CCC=C3)C2(C)C)c(-c2ccccc2)c1. The van der Waals surface area contributed by atoms with Gasteiger partial charge in [-0.15, -0.1) is 0 Å². The smallest absolute Gasteiger partial charge is 0.333 e. The molecule has 0 spiro atoms. The van der Waals surface area contributed by atoms with Crippen molar-refractivity contribution in [2.75, 3.05) is 9.80 Å². The standard InChI is InChI=1S/C61H45B2N3/c1-61(2)50-28-15-14-25-46(50)57-51(61)37-56-59-58(57)47-27-16-26-45-49-33-39-19-12-13-20-40(39)34-54(49)66(60(45)47)63(59)52-31-30-44(64(42-21-8-4-9-22-42)43-23-10-5-11-24-43)36-55(52)65(56)53-32-29-41(62)35-48(53)38-17-6-3-7-18-38/h3-14,16-27,29-37H,15,28,62H2,1-2H3. The third-order valence-electron chi connectivity index (χ3n) is 15.3. The first-order chi connectivity index (χ1) is 32.4. The molecule has 0 atom stereocenters. The Kier molecular flexibility index (Phi) is 7.91. The van der Waals surface area contributed by atoms with Crippen molar-refractivity contribution in [1.29, 1.82) is 0 Å². The van der Waals surface area contributed by atoms with Crippen molar-refractivity contribution in [3.63, 3.8) is 0 Å². The Labute approximate surface area is 387 Å². The monoisotopic (exact) mass is 841 g/mol. The molecule has 0 saturated heterocycles. The molecule has 66 heavy (non-hydrogen) atoms. The van der Waals surface area contributed by atoms with Gasteiger partial charge in [-0.25, -0.2) is 0 Å². The van der Waals surface area contributed by atoms with Crippen LogP contribution >= 0.6 is 0 Å². The molecule has 0 amide bonds. The molecule has 0 fully saturated rings. The summed E-state index contributed by atoms with van der Waals surface area (Å²) < 4.78 is 2.73. The molecule has 3 heterocycles. The fraction of sp³-hybridized carbons (Fsp3) is 0.0820. The number of aromatic nitrogens is 1. The number of nitrogens with zero attached hydrogens (tertiary/aromatic N) is 3. The van der Waals surface area contributed by atoms with Crippen molar-refractivity contribution in [2.45, 2.75) is 32.1 Å². The molecule has 0 N–H and O–H groups in total. The minimum Gasteiger partial charge on any atom is -0.375 e. The fourth-order valence-electron chi connectivity index (χ4n) is 12.4. The first-order valence-corrected chi connectivity index (χ1v) is 23.5. The van der Waals surface area contributed by atoms with Gasteiger partial charge < -0.3 is 14.3 Å². The zero-order valence-electron chi connectivity index (χ0n) is 37.4. The topological polar surface area (TPSA) is 11.4 Å². The van der Waals surface area contributed by atoms with Crippen LogP contribution in [0.2, 0.25) is 0 Å². The quantitative estimate of drug-likeness (QED) is 0.160. The third kappa shape index (κ3) is 5.17. The molecule has 5 heteroatoms. The number of benzene rings is 9. The lowest BCUT2D eigenvalue weighted by atomic mass is 9.44. The van der Waals surface area contributed by atoms with Crippen molar-refractivity contribution in [3.8, 4) is 22.3 Å². The zero-order valence-corrected chi connectivity index (χ0v) is 37.4. The number of hydrogen-bond donors (Lipinski definition) is 0. The Bertz CT molecular complexity index is 3710. The molecule has 0 radical (unpaired) electrons. The molecule has 3 nitrogen and oxygen atoms in total. The highest BCUT2D eigenvalue weighted by Gasteiger charge is 2.48. The summed E-state index contributed by atoms with van der Waals surface area (Å²) in [5.74, 6) is 0. The Morgan fingerprint density at radius 3 is 2.05 bits per heavy atom. The van der Waals surface area contributed by atoms with Crippen LogP contribution in [0.25, 0.3) is 60.4 Å². The summed E-state index contributed by atoms with van der Waals surface area (Å²) in [6.07, 6.45) is 7.02. The van der Waals surface area contributed by atoms with Gasteiger partial charge in [0.1, 0.15) is 7.85 Å². The maximum Gasteiger partial charge on any atom is 0.333 e. The van der Waals surface area contributed by atoms with Crippen molar-refractivity contribution in [3.05, 3.63) is 217 Å². The van der Waals surface area contributed by atoms with Gasteiger partial charge in [-0.1, -0.05) is 164 Å². The lowest BCUT2D eigenvalue weighted by molar-refractivity contribution is 0.607. The molecular weight excluding hydrogens is 796 g/mol. The van der Waals surface area contributed by atoms with Crippen LogP contribution in [0, 0.1) is 0 Å². The van der Waals surface area contributed by atoms with Gasteiger partial charge >= 0.3 is 6.85 Å². The van der Waals surface area contributed by atoms with Crippen LogP contribution in [-0.2, 0) is 5.41 Å². The van der Waals surface area contributed by atoms with Gasteiger partial charge in [0, 0.05) is 66.8 Å². The van der Waals surface area contributed by atoms with E-state index in [1.165, 1.54) is 105 Å². The molecule has 4 aliphatic rings. The Morgan fingerprint density at radius 2 is 1.29 bits per heavy atom. The van der Waals surface area contributed by atoms with Gasteiger partial charge in [-0.05, 0) is 123 Å². The second-order valence-corrected chi connectivity index (χ2v) is 19.2. The molecular formula is C61H45B2N3. The van der Waals surface area contributed by atoms with Crippen LogP contribution in [-0.4, -0.2) is 19.2 Å². The number of fused-ring (bicyclic) bond motifs is 11. The van der Waals surface area contributed by atoms with E-state index in [4.69, 9.17) is 0 Å². The van der Waals surface area contributed by atoms with E-state index >= 15 is 0 Å². The Balaban J connectivity index is 1.16. The van der Waals surface area contributed by atoms with Crippen LogP contribution < -0.4 is 26.2 Å². The van der Waals surface area contributed by atoms with Gasteiger partial charge in [0.25, 0.3) is 0 Å². The van der Waals surface area contributed by atoms with Gasteiger partial charge in [0.05, 0.1) is 5.69 Å². The molecule has 310 valence electrons. The van der Waals surface area contributed by atoms with E-state index in [9.17, 15) is 0 Å². The summed E-state index contributed by atoms with van der Waals surface area (Å²) >= 11 is 0. The highest BCUT2D eigenvalue weighted by Crippen LogP contribution is 2.57. The summed E-state index contributed by atoms with van der Waals surface area (Å²) in [5, 5.41) is 5.15. The number of anilines is 6. The van der Waals surface area contributed by atoms with Gasteiger partial charge in [-0.2, -0.15) is 0 Å². The summed E-state index contributed by atoms with van der Waals surface area (Å²) in [7, 11) is 2.22. The molecule has 2 aliphatic carbocycles. The maximum absolute atomic E-state index is 2.73. The zero-order chi connectivity index (χ0) is 43.8. The molecule has 14 rings (SSSR count). The second kappa shape index (κ2) is 13.9. The van der Waals surface area contributed by atoms with E-state index in [2.05, 4.69) is 236 Å². The van der Waals surface area contributed by atoms with E-state index in [1.54, 1.807) is 5.57 Å². The van der Waals surface area contributed by atoms with Crippen LogP contribution in [0.15, 0.2) is 206 Å². The Hall–Kier alpha value is -7.75. The summed E-state index contributed by atoms with van der Waals surface area (Å²) in [5.41, 5.74) is 24.3. The van der Waals surface area contributed by atoms with Gasteiger partial charge in [-0.3, -0.25) is 0 Å². The molecule has 1 aromatic heterocycles. The molecule has 0 saturated carbocycles. The number of allylic oxidation sites excluding steroid dienone is 4. The van der Waals surface area contributed by atoms with Crippen molar-refractivity contribution in [1.82, 2.24) is 4.48 Å². The highest BCUT2D eigenvalue weighted by molar-refractivity contribution is 6.90. The van der Waals surface area contributed by atoms with Gasteiger partial charge in [0.15, 0.2) is 0 Å². The van der Waals surface area contributed by atoms with Crippen molar-refractivity contribution < 1.29 is 0 Å². The van der Waals surface area contributed by atoms with Crippen LogP contribution in [0.1, 0.15) is 37.8 Å². The van der Waals surface area contributed by atoms with Crippen molar-refractivity contribution in [2.24, 2.45) is 0 Å². The molecule has 0 bridgehead atoms. The highest BCUT2D eigenvalue weighted by atomic mass is 15.2. The van der Waals surface area contributed by atoms with Crippen LogP contribution in [0.3, 0.4) is 0 Å². The van der Waals surface area contributed by atoms with E-state index in [0.717, 1.165) is 29.9 Å². The number of rotatable bonds is 5. The normalized spacial score (nSPS) is 15.0. The predicted octanol–water partition coefficient (Wildman–Crippen LogP) is 13.2. The molecule has 2 aliphatic heterocycles. The second-order valence-electron chi connectivity index (χ2n) is 19.2. The average molecular weight is 842 g/mol. The summed E-state index contributed by atoms with van der Waals surface area (Å²) in [6.45, 7) is 4.87. The summed E-state index contributed by atoms with van der Waals surface area (Å²) in [6, 6.07) is 70.5. The van der Waals surface area contributed by atoms with Crippen LogP contribution in [0.5, 0.6) is 0 Å². The van der Waals surface area contributed by atoms with Crippen LogP contribution in [0.4, 0.5) is 34.1 Å². The minimum atomic E-state index is -0.146. The van der Waals surface area contributed by atoms with Gasteiger partial charge in [0.2, 0.25) is 0 Å². The minimum absolute atomic E-state index is 0.0930. The number of hydrogen-bond acceptors (Lipinski definition) is 2. The fourth-order valence-corrected chi connectivity index (χ4v) is 12.4. The van der Waals surface area contributed by atoms with E-state index in [1.807, 2.05) is 0 Å². The van der Waals surface area contributed by atoms with Crippen molar-refractivity contribution >= 4 is 103 Å².